The molecular formula is C16H17MgO3P. The Morgan fingerprint density at radius 1 is 1.05 bits per heavy atom. The van der Waals surface area contributed by atoms with Crippen LogP contribution in [-0.4, -0.2) is 29.0 Å². The van der Waals surface area contributed by atoms with Crippen molar-refractivity contribution in [1.29, 1.82) is 0 Å². The normalized spacial score (nSPS) is 10.4. The highest BCUT2D eigenvalue weighted by Crippen LogP contribution is 2.32. The minimum Gasteiger partial charge on any atom is -0.413 e. The molecule has 106 valence electrons. The molecule has 0 saturated heterocycles. The van der Waals surface area contributed by atoms with Gasteiger partial charge in [-0.1, -0.05) is 36.4 Å². The van der Waals surface area contributed by atoms with E-state index in [2.05, 4.69) is 0 Å². The fourth-order valence-corrected chi connectivity index (χ4v) is 2.86. The predicted molar refractivity (Wildman–Crippen MR) is 87.7 cm³/mol. The number of carbonyl (C=O) groups excluding carboxylic acids is 1. The Morgan fingerprint density at radius 3 is 2.24 bits per heavy atom. The van der Waals surface area contributed by atoms with E-state index in [9.17, 15) is 9.36 Å². The molecule has 0 spiro atoms. The van der Waals surface area contributed by atoms with Gasteiger partial charge in [-0.05, 0) is 48.6 Å². The second kappa shape index (κ2) is 7.78. The molecule has 0 aromatic heterocycles. The third-order valence-electron chi connectivity index (χ3n) is 3.39. The molecule has 3 nitrogen and oxygen atoms in total. The van der Waals surface area contributed by atoms with Crippen LogP contribution in [0, 0.1) is 20.8 Å². The zero-order chi connectivity index (χ0) is 14.7. The molecule has 0 aliphatic heterocycles. The van der Waals surface area contributed by atoms with Crippen molar-refractivity contribution in [2.24, 2.45) is 0 Å². The van der Waals surface area contributed by atoms with Crippen molar-refractivity contribution < 1.29 is 13.9 Å². The van der Waals surface area contributed by atoms with Gasteiger partial charge in [0.1, 0.15) is 0 Å². The summed E-state index contributed by atoms with van der Waals surface area (Å²) in [4.78, 5) is 12.0. The van der Waals surface area contributed by atoms with Crippen LogP contribution in [0.5, 0.6) is 0 Å². The first-order valence-corrected chi connectivity index (χ1v) is 7.31. The minimum absolute atomic E-state index is 0. The van der Waals surface area contributed by atoms with E-state index in [1.807, 2.05) is 57.2 Å². The highest BCUT2D eigenvalue weighted by Gasteiger charge is 2.18. The Bertz CT molecular complexity index is 669. The van der Waals surface area contributed by atoms with E-state index in [0.29, 0.717) is 5.56 Å². The van der Waals surface area contributed by atoms with Gasteiger partial charge in [0.25, 0.3) is 0 Å². The maximum atomic E-state index is 12.0. The molecule has 2 rings (SSSR count). The molecule has 1 atom stereocenters. The van der Waals surface area contributed by atoms with E-state index in [1.54, 1.807) is 0 Å². The molecule has 2 aromatic carbocycles. The molecule has 0 heterocycles. The highest BCUT2D eigenvalue weighted by atomic mass is 31.1. The van der Waals surface area contributed by atoms with Crippen LogP contribution in [0.4, 0.5) is 0 Å². The maximum absolute atomic E-state index is 12.0. The highest BCUT2D eigenvalue weighted by molar-refractivity contribution is 7.18. The van der Waals surface area contributed by atoms with E-state index in [1.165, 1.54) is 0 Å². The van der Waals surface area contributed by atoms with Gasteiger partial charge in [-0.25, -0.2) is 4.79 Å². The second-order valence-electron chi connectivity index (χ2n) is 4.75. The number of hydrogen-bond donors (Lipinski definition) is 0. The average molecular weight is 313 g/mol. The van der Waals surface area contributed by atoms with Crippen molar-refractivity contribution in [3.05, 3.63) is 58.7 Å². The molecule has 0 amide bonds. The zero-order valence-corrected chi connectivity index (χ0v) is 15.0. The molecule has 0 aliphatic rings. The number of benzene rings is 2. The molecule has 1 unspecified atom stereocenters. The van der Waals surface area contributed by atoms with Crippen LogP contribution in [0.25, 0.3) is 11.1 Å². The second-order valence-corrected chi connectivity index (χ2v) is 5.18. The molecule has 21 heavy (non-hydrogen) atoms. The predicted octanol–water partition coefficient (Wildman–Crippen LogP) is 3.73. The molecule has 0 fully saturated rings. The Kier molecular flexibility index (Phi) is 6.66. The first kappa shape index (κ1) is 18.0. The quantitative estimate of drug-likeness (QED) is 0.641. The minimum atomic E-state index is -1.54. The van der Waals surface area contributed by atoms with Gasteiger partial charge in [0.2, 0.25) is 8.69 Å². The van der Waals surface area contributed by atoms with Crippen molar-refractivity contribution in [1.82, 2.24) is 0 Å². The van der Waals surface area contributed by atoms with Crippen LogP contribution in [0.3, 0.4) is 0 Å². The molecular weight excluding hydrogens is 295 g/mol. The summed E-state index contributed by atoms with van der Waals surface area (Å²) in [7, 11) is -1.54. The van der Waals surface area contributed by atoms with E-state index >= 15 is 0 Å². The van der Waals surface area contributed by atoms with Crippen LogP contribution < -0.4 is 0 Å². The van der Waals surface area contributed by atoms with E-state index in [0.717, 1.165) is 27.8 Å². The van der Waals surface area contributed by atoms with Crippen molar-refractivity contribution in [3.63, 3.8) is 0 Å². The summed E-state index contributed by atoms with van der Waals surface area (Å²) in [5.41, 5.74) is 5.43. The molecule has 5 heteroatoms. The van der Waals surface area contributed by atoms with E-state index in [4.69, 9.17) is 4.52 Å². The van der Waals surface area contributed by atoms with Crippen molar-refractivity contribution in [3.8, 4) is 11.1 Å². The fourth-order valence-electron chi connectivity index (χ4n) is 2.65. The lowest BCUT2D eigenvalue weighted by Gasteiger charge is -2.16. The molecule has 2 aromatic rings. The smallest absolute Gasteiger partial charge is 0.343 e. The van der Waals surface area contributed by atoms with Crippen LogP contribution in [0.1, 0.15) is 27.0 Å². The lowest BCUT2D eigenvalue weighted by atomic mass is 9.89. The summed E-state index contributed by atoms with van der Waals surface area (Å²) in [6, 6.07) is 11.9. The molecule has 0 bridgehead atoms. The molecule has 0 saturated carbocycles. The van der Waals surface area contributed by atoms with Gasteiger partial charge >= 0.3 is 5.97 Å². The topological polar surface area (TPSA) is 43.4 Å². The zero-order valence-electron chi connectivity index (χ0n) is 12.5. The van der Waals surface area contributed by atoms with Crippen molar-refractivity contribution in [2.75, 3.05) is 0 Å². The summed E-state index contributed by atoms with van der Waals surface area (Å²) in [5, 5.41) is 0. The summed E-state index contributed by atoms with van der Waals surface area (Å²) < 4.78 is 15.3. The number of aryl methyl sites for hydroxylation is 2. The third kappa shape index (κ3) is 3.76. The SMILES string of the molecule is Cc1cc(C)c(-c2ccccc2)c(C)c1C(=O)O[PH2]=O.[Mg]. The van der Waals surface area contributed by atoms with Crippen LogP contribution in [0.2, 0.25) is 0 Å². The number of rotatable bonds is 3. The molecule has 0 N–H and O–H groups in total. The van der Waals surface area contributed by atoms with Crippen LogP contribution >= 0.6 is 8.69 Å². The van der Waals surface area contributed by atoms with Crippen LogP contribution in [0.15, 0.2) is 36.4 Å². The Balaban J connectivity index is 0.00000220. The van der Waals surface area contributed by atoms with Gasteiger partial charge in [-0.2, -0.15) is 0 Å². The summed E-state index contributed by atoms with van der Waals surface area (Å²) in [6.45, 7) is 5.79. The Labute approximate surface area is 142 Å². The van der Waals surface area contributed by atoms with Gasteiger partial charge in [-0.15, -0.1) is 0 Å². The largest absolute Gasteiger partial charge is 0.413 e. The van der Waals surface area contributed by atoms with E-state index < -0.39 is 14.7 Å². The van der Waals surface area contributed by atoms with Crippen molar-refractivity contribution >= 4 is 37.7 Å². The maximum Gasteiger partial charge on any atom is 0.343 e. The Morgan fingerprint density at radius 2 is 1.67 bits per heavy atom. The monoisotopic (exact) mass is 312 g/mol. The van der Waals surface area contributed by atoms with Crippen molar-refractivity contribution in [2.45, 2.75) is 20.8 Å². The summed E-state index contributed by atoms with van der Waals surface area (Å²) in [5.74, 6) is -0.512. The lowest BCUT2D eigenvalue weighted by molar-refractivity contribution is 0.0754. The lowest BCUT2D eigenvalue weighted by Crippen LogP contribution is -2.07. The van der Waals surface area contributed by atoms with Gasteiger partial charge in [-0.3, -0.25) is 4.57 Å². The molecule has 2 radical (unpaired) electrons. The van der Waals surface area contributed by atoms with E-state index in [-0.39, 0.29) is 23.1 Å². The first-order valence-electron chi connectivity index (χ1n) is 6.37. The van der Waals surface area contributed by atoms with Gasteiger partial charge < -0.3 is 4.52 Å². The van der Waals surface area contributed by atoms with Gasteiger partial charge in [0.15, 0.2) is 0 Å². The standard InChI is InChI=1S/C16H17O3P.Mg/c1-10-9-11(2)15(16(17)19-20-18)12(3)14(10)13-7-5-4-6-8-13;/h4-9H,20H2,1-3H3;. The van der Waals surface area contributed by atoms with Gasteiger partial charge in [0.05, 0.1) is 5.56 Å². The average Bonchev–Trinajstić information content (AvgIpc) is 2.39. The molecule has 0 aliphatic carbocycles. The number of carbonyl (C=O) groups is 1. The number of hydrogen-bond acceptors (Lipinski definition) is 3. The Hall–Kier alpha value is -1.09. The summed E-state index contributed by atoms with van der Waals surface area (Å²) in [6.07, 6.45) is 0. The fraction of sp³-hybridized carbons (Fsp3) is 0.188. The summed E-state index contributed by atoms with van der Waals surface area (Å²) >= 11 is 0. The first-order chi connectivity index (χ1) is 9.56. The van der Waals surface area contributed by atoms with Gasteiger partial charge in [0, 0.05) is 23.1 Å². The third-order valence-corrected chi connectivity index (χ3v) is 3.70. The van der Waals surface area contributed by atoms with Crippen LogP contribution in [-0.2, 0) is 9.09 Å².